The summed E-state index contributed by atoms with van der Waals surface area (Å²) in [5.41, 5.74) is 1.90. The normalized spacial score (nSPS) is 22.4. The molecule has 2 heterocycles. The summed E-state index contributed by atoms with van der Waals surface area (Å²) in [5, 5.41) is 8.05. The number of nitrogens with one attached hydrogen (secondary N) is 1. The highest BCUT2D eigenvalue weighted by Crippen LogP contribution is 2.36. The summed E-state index contributed by atoms with van der Waals surface area (Å²) in [4.78, 5) is 29.4. The fourth-order valence-corrected chi connectivity index (χ4v) is 4.90. The van der Waals surface area contributed by atoms with Gasteiger partial charge in [-0.2, -0.15) is 5.10 Å². The van der Waals surface area contributed by atoms with Crippen molar-refractivity contribution in [3.8, 4) is 0 Å². The molecule has 1 aliphatic carbocycles. The number of rotatable bonds is 3. The Morgan fingerprint density at radius 1 is 1.12 bits per heavy atom. The SMILES string of the molecule is Cc1ccccc1N1C(=O)c2cc(C(C)(C)C)nn2CC1(C)C(=O)NC1CCCCCC1. The van der Waals surface area contributed by atoms with Crippen LogP contribution >= 0.6 is 0 Å². The second-order valence-corrected chi connectivity index (χ2v) is 10.7. The lowest BCUT2D eigenvalue weighted by molar-refractivity contribution is -0.127. The third-order valence-electron chi connectivity index (χ3n) is 6.96. The van der Waals surface area contributed by atoms with Crippen LogP contribution in [0.5, 0.6) is 0 Å². The van der Waals surface area contributed by atoms with Gasteiger partial charge in [0.1, 0.15) is 11.2 Å². The fraction of sp³-hybridized carbons (Fsp3) is 0.577. The maximum Gasteiger partial charge on any atom is 0.277 e. The fourth-order valence-electron chi connectivity index (χ4n) is 4.90. The molecule has 32 heavy (non-hydrogen) atoms. The van der Waals surface area contributed by atoms with E-state index in [1.54, 1.807) is 9.58 Å². The Bertz CT molecular complexity index is 1010. The molecule has 0 saturated heterocycles. The maximum atomic E-state index is 13.9. The minimum absolute atomic E-state index is 0.0977. The van der Waals surface area contributed by atoms with E-state index in [9.17, 15) is 9.59 Å². The number of benzene rings is 1. The first-order valence-electron chi connectivity index (χ1n) is 11.9. The zero-order chi connectivity index (χ0) is 23.1. The molecule has 0 radical (unpaired) electrons. The van der Waals surface area contributed by atoms with Gasteiger partial charge in [-0.25, -0.2) is 0 Å². The van der Waals surface area contributed by atoms with E-state index in [2.05, 4.69) is 26.1 Å². The first kappa shape index (κ1) is 22.6. The molecule has 6 heteroatoms. The molecule has 0 spiro atoms. The lowest BCUT2D eigenvalue weighted by atomic mass is 9.91. The summed E-state index contributed by atoms with van der Waals surface area (Å²) in [7, 11) is 0. The number of anilines is 1. The summed E-state index contributed by atoms with van der Waals surface area (Å²) in [6.07, 6.45) is 6.73. The molecule has 2 aliphatic rings. The van der Waals surface area contributed by atoms with Crippen LogP contribution in [-0.4, -0.2) is 33.2 Å². The number of amides is 2. The second kappa shape index (κ2) is 8.38. The third-order valence-corrected chi connectivity index (χ3v) is 6.96. The van der Waals surface area contributed by atoms with Gasteiger partial charge in [-0.3, -0.25) is 19.2 Å². The van der Waals surface area contributed by atoms with Gasteiger partial charge >= 0.3 is 0 Å². The van der Waals surface area contributed by atoms with Gasteiger partial charge in [-0.1, -0.05) is 64.7 Å². The zero-order valence-corrected chi connectivity index (χ0v) is 20.1. The summed E-state index contributed by atoms with van der Waals surface area (Å²) < 4.78 is 1.74. The third kappa shape index (κ3) is 4.07. The number of carbonyl (C=O) groups is 2. The van der Waals surface area contributed by atoms with Gasteiger partial charge in [-0.15, -0.1) is 0 Å². The van der Waals surface area contributed by atoms with Crippen molar-refractivity contribution in [3.63, 3.8) is 0 Å². The lowest BCUT2D eigenvalue weighted by Gasteiger charge is -2.44. The Kier molecular flexibility index (Phi) is 5.91. The van der Waals surface area contributed by atoms with Gasteiger partial charge in [0.2, 0.25) is 5.91 Å². The molecule has 1 unspecified atom stereocenters. The van der Waals surface area contributed by atoms with Crippen LogP contribution in [0.1, 0.15) is 88.0 Å². The number of fused-ring (bicyclic) bond motifs is 1. The van der Waals surface area contributed by atoms with Gasteiger partial charge in [0.05, 0.1) is 12.2 Å². The Balaban J connectivity index is 1.77. The predicted molar refractivity (Wildman–Crippen MR) is 127 cm³/mol. The zero-order valence-electron chi connectivity index (χ0n) is 20.1. The molecular formula is C26H36N4O2. The van der Waals surface area contributed by atoms with Crippen LogP contribution in [-0.2, 0) is 16.8 Å². The van der Waals surface area contributed by atoms with E-state index in [-0.39, 0.29) is 23.3 Å². The highest BCUT2D eigenvalue weighted by molar-refractivity contribution is 6.12. The largest absolute Gasteiger partial charge is 0.351 e. The Hall–Kier alpha value is -2.63. The topological polar surface area (TPSA) is 67.2 Å². The average molecular weight is 437 g/mol. The smallest absolute Gasteiger partial charge is 0.277 e. The lowest BCUT2D eigenvalue weighted by Crippen LogP contribution is -2.65. The van der Waals surface area contributed by atoms with Crippen molar-refractivity contribution in [3.05, 3.63) is 47.3 Å². The van der Waals surface area contributed by atoms with Gasteiger partial charge in [0.25, 0.3) is 5.91 Å². The molecule has 172 valence electrons. The van der Waals surface area contributed by atoms with Crippen molar-refractivity contribution in [2.45, 2.75) is 96.7 Å². The number of aryl methyl sites for hydroxylation is 1. The Morgan fingerprint density at radius 2 is 1.78 bits per heavy atom. The number of para-hydroxylation sites is 1. The van der Waals surface area contributed by atoms with E-state index in [1.165, 1.54) is 12.8 Å². The highest BCUT2D eigenvalue weighted by atomic mass is 16.2. The van der Waals surface area contributed by atoms with Crippen molar-refractivity contribution in [2.24, 2.45) is 0 Å². The Morgan fingerprint density at radius 3 is 2.41 bits per heavy atom. The minimum Gasteiger partial charge on any atom is -0.351 e. The van der Waals surface area contributed by atoms with Crippen molar-refractivity contribution in [1.29, 1.82) is 0 Å². The van der Waals surface area contributed by atoms with Crippen LogP contribution < -0.4 is 10.2 Å². The monoisotopic (exact) mass is 436 g/mol. The van der Waals surface area contributed by atoms with Gasteiger partial charge < -0.3 is 5.32 Å². The molecular weight excluding hydrogens is 400 g/mol. The molecule has 1 atom stereocenters. The van der Waals surface area contributed by atoms with Crippen LogP contribution in [0.2, 0.25) is 0 Å². The predicted octanol–water partition coefficient (Wildman–Crippen LogP) is 4.75. The number of hydrogen-bond donors (Lipinski definition) is 1. The molecule has 4 rings (SSSR count). The van der Waals surface area contributed by atoms with Crippen LogP contribution in [0.4, 0.5) is 5.69 Å². The number of hydrogen-bond acceptors (Lipinski definition) is 3. The van der Waals surface area contributed by atoms with Crippen molar-refractivity contribution in [1.82, 2.24) is 15.1 Å². The summed E-state index contributed by atoms with van der Waals surface area (Å²) in [5.74, 6) is -0.272. The van der Waals surface area contributed by atoms with E-state index in [1.807, 2.05) is 44.2 Å². The molecule has 0 bridgehead atoms. The summed E-state index contributed by atoms with van der Waals surface area (Å²) >= 11 is 0. The number of carbonyl (C=O) groups excluding carboxylic acids is 2. The molecule has 1 N–H and O–H groups in total. The van der Waals surface area contributed by atoms with Crippen molar-refractivity contribution < 1.29 is 9.59 Å². The maximum absolute atomic E-state index is 13.9. The standard InChI is InChI=1S/C26H36N4O2/c1-18-12-10-11-15-20(18)30-23(31)21-16-22(25(2,3)4)28-29(21)17-26(30,5)24(32)27-19-13-8-6-7-9-14-19/h10-12,15-16,19H,6-9,13-14,17H2,1-5H3,(H,27,32). The first-order chi connectivity index (χ1) is 15.1. The molecule has 2 amide bonds. The number of aromatic nitrogens is 2. The molecule has 1 saturated carbocycles. The van der Waals surface area contributed by atoms with Crippen molar-refractivity contribution in [2.75, 3.05) is 4.90 Å². The van der Waals surface area contributed by atoms with Crippen LogP contribution in [0, 0.1) is 6.92 Å². The van der Waals surface area contributed by atoms with E-state index in [0.29, 0.717) is 12.2 Å². The molecule has 1 fully saturated rings. The molecule has 1 aliphatic heterocycles. The second-order valence-electron chi connectivity index (χ2n) is 10.7. The molecule has 1 aromatic heterocycles. The van der Waals surface area contributed by atoms with Crippen LogP contribution in [0.3, 0.4) is 0 Å². The van der Waals surface area contributed by atoms with Crippen LogP contribution in [0.25, 0.3) is 0 Å². The summed E-state index contributed by atoms with van der Waals surface area (Å²) in [6.45, 7) is 10.5. The quantitative estimate of drug-likeness (QED) is 0.706. The molecule has 1 aromatic carbocycles. The first-order valence-corrected chi connectivity index (χ1v) is 11.9. The van der Waals surface area contributed by atoms with Gasteiger partial charge in [0.15, 0.2) is 0 Å². The number of nitrogens with zero attached hydrogens (tertiary/aromatic N) is 3. The molecule has 2 aromatic rings. The summed E-state index contributed by atoms with van der Waals surface area (Å²) in [6, 6.07) is 9.85. The average Bonchev–Trinajstić information content (AvgIpc) is 3.00. The van der Waals surface area contributed by atoms with E-state index in [4.69, 9.17) is 5.10 Å². The van der Waals surface area contributed by atoms with Crippen LogP contribution in [0.15, 0.2) is 30.3 Å². The van der Waals surface area contributed by atoms with E-state index < -0.39 is 5.54 Å². The Labute approximate surface area is 191 Å². The van der Waals surface area contributed by atoms with Crippen molar-refractivity contribution >= 4 is 17.5 Å². The van der Waals surface area contributed by atoms with E-state index >= 15 is 0 Å². The van der Waals surface area contributed by atoms with Gasteiger partial charge in [-0.05, 0) is 44.4 Å². The highest BCUT2D eigenvalue weighted by Gasteiger charge is 2.49. The van der Waals surface area contributed by atoms with E-state index in [0.717, 1.165) is 42.6 Å². The van der Waals surface area contributed by atoms with Gasteiger partial charge in [0, 0.05) is 17.1 Å². The molecule has 6 nitrogen and oxygen atoms in total. The minimum atomic E-state index is -1.07.